The van der Waals surface area contributed by atoms with Gasteiger partial charge < -0.3 is 5.32 Å². The Bertz CT molecular complexity index is 1250. The Labute approximate surface area is 191 Å². The van der Waals surface area contributed by atoms with E-state index in [0.717, 1.165) is 11.1 Å². The van der Waals surface area contributed by atoms with Crippen LogP contribution in [0, 0.1) is 13.8 Å². The van der Waals surface area contributed by atoms with E-state index in [9.17, 15) is 13.2 Å². The molecule has 0 heterocycles. The van der Waals surface area contributed by atoms with E-state index in [1.165, 1.54) is 30.3 Å². The Kier molecular flexibility index (Phi) is 7.05. The summed E-state index contributed by atoms with van der Waals surface area (Å²) in [5, 5.41) is 3.62. The molecule has 3 aromatic carbocycles. The van der Waals surface area contributed by atoms with E-state index < -0.39 is 10.0 Å². The van der Waals surface area contributed by atoms with Crippen LogP contribution in [0.3, 0.4) is 0 Å². The van der Waals surface area contributed by atoms with Gasteiger partial charge in [0.15, 0.2) is 0 Å². The zero-order chi connectivity index (χ0) is 22.6. The van der Waals surface area contributed by atoms with E-state index in [4.69, 9.17) is 23.2 Å². The molecule has 2 N–H and O–H groups in total. The molecule has 8 heteroatoms. The minimum atomic E-state index is -3.75. The number of benzene rings is 3. The molecule has 3 aromatic rings. The summed E-state index contributed by atoms with van der Waals surface area (Å²) >= 11 is 11.9. The maximum absolute atomic E-state index is 12.7. The van der Waals surface area contributed by atoms with Gasteiger partial charge in [0.05, 0.1) is 10.6 Å². The van der Waals surface area contributed by atoms with Crippen LogP contribution < -0.4 is 10.0 Å². The molecule has 0 unspecified atom stereocenters. The van der Waals surface area contributed by atoms with Crippen molar-refractivity contribution in [2.24, 2.45) is 0 Å². The Morgan fingerprint density at radius 2 is 1.65 bits per heavy atom. The van der Waals surface area contributed by atoms with Crippen LogP contribution in [-0.2, 0) is 14.8 Å². The Morgan fingerprint density at radius 3 is 2.29 bits per heavy atom. The topological polar surface area (TPSA) is 75.3 Å². The van der Waals surface area contributed by atoms with E-state index in [1.807, 2.05) is 26.0 Å². The predicted molar refractivity (Wildman–Crippen MR) is 127 cm³/mol. The van der Waals surface area contributed by atoms with Crippen LogP contribution in [0.15, 0.2) is 71.6 Å². The van der Waals surface area contributed by atoms with Gasteiger partial charge >= 0.3 is 0 Å². The lowest BCUT2D eigenvalue weighted by atomic mass is 10.1. The standard InChI is InChI=1S/C23H20Cl2N2O3S/c1-15-3-11-22(16(2)13-15)27-31(29,30)20-9-7-19(8-10-20)26-23(28)12-5-17-4-6-18(24)14-21(17)25/h3-14,27H,1-2H3,(H,26,28)/b12-5+. The molecule has 0 aliphatic heterocycles. The number of sulfonamides is 1. The van der Waals surface area contributed by atoms with Crippen molar-refractivity contribution >= 4 is 56.6 Å². The minimum absolute atomic E-state index is 0.0916. The molecule has 0 saturated heterocycles. The summed E-state index contributed by atoms with van der Waals surface area (Å²) in [4.78, 5) is 12.2. The lowest BCUT2D eigenvalue weighted by molar-refractivity contribution is -0.111. The van der Waals surface area contributed by atoms with Gasteiger partial charge in [-0.3, -0.25) is 9.52 Å². The number of carbonyl (C=O) groups excluding carboxylic acids is 1. The smallest absolute Gasteiger partial charge is 0.261 e. The van der Waals surface area contributed by atoms with Crippen LogP contribution in [0.25, 0.3) is 6.08 Å². The lowest BCUT2D eigenvalue weighted by Gasteiger charge is -2.11. The summed E-state index contributed by atoms with van der Waals surface area (Å²) in [6, 6.07) is 16.4. The van der Waals surface area contributed by atoms with Crippen molar-refractivity contribution in [3.05, 3.63) is 93.5 Å². The lowest BCUT2D eigenvalue weighted by Crippen LogP contribution is -2.14. The molecular formula is C23H20Cl2N2O3S. The van der Waals surface area contributed by atoms with Gasteiger partial charge in [0, 0.05) is 21.8 Å². The van der Waals surface area contributed by atoms with Gasteiger partial charge in [-0.2, -0.15) is 0 Å². The van der Waals surface area contributed by atoms with Gasteiger partial charge in [-0.25, -0.2) is 8.42 Å². The largest absolute Gasteiger partial charge is 0.323 e. The zero-order valence-corrected chi connectivity index (χ0v) is 19.1. The molecule has 5 nitrogen and oxygen atoms in total. The molecule has 0 atom stereocenters. The number of carbonyl (C=O) groups is 1. The first-order valence-electron chi connectivity index (χ1n) is 9.28. The van der Waals surface area contributed by atoms with Crippen LogP contribution >= 0.6 is 23.2 Å². The zero-order valence-electron chi connectivity index (χ0n) is 16.8. The van der Waals surface area contributed by atoms with E-state index in [0.29, 0.717) is 27.0 Å². The van der Waals surface area contributed by atoms with Crippen LogP contribution in [-0.4, -0.2) is 14.3 Å². The predicted octanol–water partition coefficient (Wildman–Crippen LogP) is 6.06. The van der Waals surface area contributed by atoms with Crippen molar-refractivity contribution in [2.45, 2.75) is 18.7 Å². The number of nitrogens with one attached hydrogen (secondary N) is 2. The Balaban J connectivity index is 1.67. The highest BCUT2D eigenvalue weighted by Gasteiger charge is 2.15. The molecule has 0 radical (unpaired) electrons. The molecular weight excluding hydrogens is 455 g/mol. The Hall–Kier alpha value is -2.80. The molecule has 0 fully saturated rings. The minimum Gasteiger partial charge on any atom is -0.323 e. The highest BCUT2D eigenvalue weighted by Crippen LogP contribution is 2.23. The molecule has 31 heavy (non-hydrogen) atoms. The summed E-state index contributed by atoms with van der Waals surface area (Å²) in [6.45, 7) is 3.78. The van der Waals surface area contributed by atoms with Crippen molar-refractivity contribution in [3.8, 4) is 0 Å². The molecule has 0 saturated carbocycles. The first-order valence-corrected chi connectivity index (χ1v) is 11.5. The van der Waals surface area contributed by atoms with E-state index in [1.54, 1.807) is 30.3 Å². The summed E-state index contributed by atoms with van der Waals surface area (Å²) < 4.78 is 27.9. The maximum atomic E-state index is 12.7. The van der Waals surface area contributed by atoms with Crippen molar-refractivity contribution in [1.29, 1.82) is 0 Å². The van der Waals surface area contributed by atoms with Crippen molar-refractivity contribution in [3.63, 3.8) is 0 Å². The molecule has 160 valence electrons. The fourth-order valence-corrected chi connectivity index (χ4v) is 4.44. The number of hydrogen-bond acceptors (Lipinski definition) is 3. The highest BCUT2D eigenvalue weighted by molar-refractivity contribution is 7.92. The fraction of sp³-hybridized carbons (Fsp3) is 0.0870. The number of aryl methyl sites for hydroxylation is 2. The van der Waals surface area contributed by atoms with Gasteiger partial charge in [0.1, 0.15) is 0 Å². The second-order valence-corrected chi connectivity index (χ2v) is 9.46. The second-order valence-electron chi connectivity index (χ2n) is 6.94. The van der Waals surface area contributed by atoms with E-state index in [-0.39, 0.29) is 10.8 Å². The average Bonchev–Trinajstić information content (AvgIpc) is 2.70. The molecule has 0 aromatic heterocycles. The number of rotatable bonds is 6. The molecule has 0 aliphatic rings. The maximum Gasteiger partial charge on any atom is 0.261 e. The average molecular weight is 475 g/mol. The van der Waals surface area contributed by atoms with Gasteiger partial charge in [-0.15, -0.1) is 0 Å². The van der Waals surface area contributed by atoms with Crippen LogP contribution in [0.2, 0.25) is 10.0 Å². The van der Waals surface area contributed by atoms with Gasteiger partial charge in [-0.05, 0) is 73.5 Å². The van der Waals surface area contributed by atoms with Gasteiger partial charge in [0.25, 0.3) is 10.0 Å². The van der Waals surface area contributed by atoms with E-state index >= 15 is 0 Å². The number of amides is 1. The quantitative estimate of drug-likeness (QED) is 0.426. The summed E-state index contributed by atoms with van der Waals surface area (Å²) in [5.74, 6) is -0.380. The number of anilines is 2. The molecule has 3 rings (SSSR count). The number of hydrogen-bond donors (Lipinski definition) is 2. The molecule has 0 bridgehead atoms. The summed E-state index contributed by atoms with van der Waals surface area (Å²) in [5.41, 5.74) is 3.52. The first kappa shape index (κ1) is 22.9. The summed E-state index contributed by atoms with van der Waals surface area (Å²) in [6.07, 6.45) is 2.90. The normalized spacial score (nSPS) is 11.5. The van der Waals surface area contributed by atoms with Crippen molar-refractivity contribution in [1.82, 2.24) is 0 Å². The fourth-order valence-electron chi connectivity index (χ4n) is 2.84. The van der Waals surface area contributed by atoms with Gasteiger partial charge in [0.2, 0.25) is 5.91 Å². The van der Waals surface area contributed by atoms with Crippen molar-refractivity contribution < 1.29 is 13.2 Å². The highest BCUT2D eigenvalue weighted by atomic mass is 35.5. The van der Waals surface area contributed by atoms with Crippen LogP contribution in [0.4, 0.5) is 11.4 Å². The molecule has 0 spiro atoms. The van der Waals surface area contributed by atoms with Crippen LogP contribution in [0.5, 0.6) is 0 Å². The SMILES string of the molecule is Cc1ccc(NS(=O)(=O)c2ccc(NC(=O)/C=C/c3ccc(Cl)cc3Cl)cc2)c(C)c1. The second kappa shape index (κ2) is 9.56. The molecule has 1 amide bonds. The Morgan fingerprint density at radius 1 is 0.935 bits per heavy atom. The third-order valence-corrected chi connectivity index (χ3v) is 6.38. The summed E-state index contributed by atoms with van der Waals surface area (Å²) in [7, 11) is -3.75. The third-order valence-electron chi connectivity index (χ3n) is 4.44. The van der Waals surface area contributed by atoms with Crippen LogP contribution in [0.1, 0.15) is 16.7 Å². The van der Waals surface area contributed by atoms with Gasteiger partial charge in [-0.1, -0.05) is 47.0 Å². The monoisotopic (exact) mass is 474 g/mol. The van der Waals surface area contributed by atoms with Crippen molar-refractivity contribution in [2.75, 3.05) is 10.0 Å². The first-order chi connectivity index (χ1) is 14.6. The molecule has 0 aliphatic carbocycles. The van der Waals surface area contributed by atoms with E-state index in [2.05, 4.69) is 10.0 Å². The third kappa shape index (κ3) is 6.10. The number of halogens is 2.